The summed E-state index contributed by atoms with van der Waals surface area (Å²) in [7, 11) is -2.48. The number of ether oxygens (including phenoxy) is 1. The lowest BCUT2D eigenvalue weighted by Crippen LogP contribution is -2.27. The number of sulfonamides is 1. The Hall–Kier alpha value is -1.63. The molecule has 0 atom stereocenters. The van der Waals surface area contributed by atoms with Crippen LogP contribution in [-0.4, -0.2) is 26.4 Å². The molecule has 0 amide bonds. The van der Waals surface area contributed by atoms with Gasteiger partial charge in [0.25, 0.3) is 0 Å². The van der Waals surface area contributed by atoms with Gasteiger partial charge in [-0.1, -0.05) is 29.8 Å². The second-order valence-corrected chi connectivity index (χ2v) is 7.33. The Kier molecular flexibility index (Phi) is 5.62. The van der Waals surface area contributed by atoms with E-state index in [1.165, 1.54) is 25.2 Å². The van der Waals surface area contributed by atoms with Crippen molar-refractivity contribution in [3.8, 4) is 5.75 Å². The fourth-order valence-corrected chi connectivity index (χ4v) is 3.62. The van der Waals surface area contributed by atoms with Crippen LogP contribution in [0.15, 0.2) is 47.4 Å². The molecule has 4 nitrogen and oxygen atoms in total. The zero-order valence-electron chi connectivity index (χ0n) is 12.8. The summed E-state index contributed by atoms with van der Waals surface area (Å²) in [5.74, 6) is -0.233. The Labute approximate surface area is 140 Å². The molecule has 2 rings (SSSR count). The van der Waals surface area contributed by atoms with Crippen LogP contribution < -0.4 is 4.74 Å². The van der Waals surface area contributed by atoms with E-state index in [4.69, 9.17) is 16.3 Å². The molecular weight excluding hydrogens is 341 g/mol. The van der Waals surface area contributed by atoms with Gasteiger partial charge in [-0.2, -0.15) is 4.31 Å². The SMILES string of the molecule is CCOc1ccc(Cl)cc1S(=O)(=O)N(C)Cc1ccccc1F. The molecule has 0 heterocycles. The minimum atomic E-state index is -3.87. The van der Waals surface area contributed by atoms with Gasteiger partial charge in [-0.05, 0) is 31.2 Å². The summed E-state index contributed by atoms with van der Waals surface area (Å²) >= 11 is 5.91. The predicted octanol–water partition coefficient (Wildman–Crippen LogP) is 3.70. The number of nitrogens with zero attached hydrogens (tertiary/aromatic N) is 1. The summed E-state index contributed by atoms with van der Waals surface area (Å²) in [5.41, 5.74) is 0.290. The fourth-order valence-electron chi connectivity index (χ4n) is 2.08. The first-order chi connectivity index (χ1) is 10.9. The van der Waals surface area contributed by atoms with Crippen molar-refractivity contribution in [3.63, 3.8) is 0 Å². The molecule has 0 aliphatic heterocycles. The lowest BCUT2D eigenvalue weighted by atomic mass is 10.2. The van der Waals surface area contributed by atoms with Crippen LogP contribution in [0.5, 0.6) is 5.75 Å². The van der Waals surface area contributed by atoms with Crippen molar-refractivity contribution in [2.24, 2.45) is 0 Å². The monoisotopic (exact) mass is 357 g/mol. The number of benzene rings is 2. The lowest BCUT2D eigenvalue weighted by Gasteiger charge is -2.19. The van der Waals surface area contributed by atoms with Crippen molar-refractivity contribution in [3.05, 3.63) is 58.9 Å². The molecule has 7 heteroatoms. The highest BCUT2D eigenvalue weighted by Crippen LogP contribution is 2.30. The maximum absolute atomic E-state index is 13.7. The van der Waals surface area contributed by atoms with E-state index in [2.05, 4.69) is 0 Å². The van der Waals surface area contributed by atoms with Crippen molar-refractivity contribution < 1.29 is 17.5 Å². The summed E-state index contributed by atoms with van der Waals surface area (Å²) < 4.78 is 45.7. The first-order valence-corrected chi connectivity index (χ1v) is 8.80. The van der Waals surface area contributed by atoms with E-state index in [9.17, 15) is 12.8 Å². The molecule has 0 bridgehead atoms. The van der Waals surface area contributed by atoms with Gasteiger partial charge in [-0.15, -0.1) is 0 Å². The Morgan fingerprint density at radius 1 is 1.22 bits per heavy atom. The highest BCUT2D eigenvalue weighted by Gasteiger charge is 2.26. The van der Waals surface area contributed by atoms with Gasteiger partial charge in [0.15, 0.2) is 0 Å². The molecule has 0 N–H and O–H groups in total. The van der Waals surface area contributed by atoms with Crippen molar-refractivity contribution >= 4 is 21.6 Å². The van der Waals surface area contributed by atoms with E-state index < -0.39 is 15.8 Å². The molecule has 0 saturated carbocycles. The minimum absolute atomic E-state index is 0.0364. The summed E-state index contributed by atoms with van der Waals surface area (Å²) in [5, 5.41) is 0.284. The first-order valence-electron chi connectivity index (χ1n) is 6.98. The third-order valence-electron chi connectivity index (χ3n) is 3.24. The Morgan fingerprint density at radius 3 is 2.57 bits per heavy atom. The maximum atomic E-state index is 13.7. The van der Waals surface area contributed by atoms with E-state index in [1.807, 2.05) is 0 Å². The van der Waals surface area contributed by atoms with Crippen LogP contribution in [0.4, 0.5) is 4.39 Å². The zero-order valence-corrected chi connectivity index (χ0v) is 14.4. The van der Waals surface area contributed by atoms with E-state index in [1.54, 1.807) is 31.2 Å². The second kappa shape index (κ2) is 7.29. The highest BCUT2D eigenvalue weighted by molar-refractivity contribution is 7.89. The molecule has 0 unspecified atom stereocenters. The largest absolute Gasteiger partial charge is 0.492 e. The van der Waals surface area contributed by atoms with Gasteiger partial charge in [-0.25, -0.2) is 12.8 Å². The Bertz CT molecular complexity index is 796. The molecular formula is C16H17ClFNO3S. The third kappa shape index (κ3) is 4.02. The molecule has 0 spiro atoms. The van der Waals surface area contributed by atoms with Crippen LogP contribution in [0.3, 0.4) is 0 Å². The molecule has 0 radical (unpaired) electrons. The topological polar surface area (TPSA) is 46.6 Å². The third-order valence-corrected chi connectivity index (χ3v) is 5.30. The van der Waals surface area contributed by atoms with Crippen LogP contribution >= 0.6 is 11.6 Å². The van der Waals surface area contributed by atoms with Crippen LogP contribution in [0.1, 0.15) is 12.5 Å². The van der Waals surface area contributed by atoms with Crippen LogP contribution in [0.2, 0.25) is 5.02 Å². The van der Waals surface area contributed by atoms with Gasteiger partial charge in [0.2, 0.25) is 10.0 Å². The standard InChI is InChI=1S/C16H17ClFNO3S/c1-3-22-15-9-8-13(17)10-16(15)23(20,21)19(2)11-12-6-4-5-7-14(12)18/h4-10H,3,11H2,1-2H3. The van der Waals surface area contributed by atoms with Gasteiger partial charge in [-0.3, -0.25) is 0 Å². The van der Waals surface area contributed by atoms with Gasteiger partial charge in [0.1, 0.15) is 16.5 Å². The van der Waals surface area contributed by atoms with Crippen molar-refractivity contribution in [1.29, 1.82) is 0 Å². The summed E-state index contributed by atoms with van der Waals surface area (Å²) in [6, 6.07) is 10.4. The van der Waals surface area contributed by atoms with Gasteiger partial charge in [0.05, 0.1) is 6.61 Å². The van der Waals surface area contributed by atoms with Crippen molar-refractivity contribution in [2.75, 3.05) is 13.7 Å². The number of halogens is 2. The highest BCUT2D eigenvalue weighted by atomic mass is 35.5. The van der Waals surface area contributed by atoms with Crippen molar-refractivity contribution in [2.45, 2.75) is 18.4 Å². The zero-order chi connectivity index (χ0) is 17.0. The van der Waals surface area contributed by atoms with E-state index in [-0.39, 0.29) is 22.2 Å². The molecule has 124 valence electrons. The van der Waals surface area contributed by atoms with E-state index >= 15 is 0 Å². The molecule has 0 aromatic heterocycles. The summed E-state index contributed by atoms with van der Waals surface area (Å²) in [6.07, 6.45) is 0. The van der Waals surface area contributed by atoms with E-state index in [0.29, 0.717) is 12.2 Å². The van der Waals surface area contributed by atoms with Gasteiger partial charge >= 0.3 is 0 Å². The quantitative estimate of drug-likeness (QED) is 0.792. The van der Waals surface area contributed by atoms with Gasteiger partial charge < -0.3 is 4.74 Å². The van der Waals surface area contributed by atoms with Gasteiger partial charge in [0, 0.05) is 24.2 Å². The smallest absolute Gasteiger partial charge is 0.246 e. The average molecular weight is 358 g/mol. The first kappa shape index (κ1) is 17.7. The summed E-state index contributed by atoms with van der Waals surface area (Å²) in [4.78, 5) is -0.0364. The molecule has 23 heavy (non-hydrogen) atoms. The molecule has 0 fully saturated rings. The lowest BCUT2D eigenvalue weighted by molar-refractivity contribution is 0.329. The predicted molar refractivity (Wildman–Crippen MR) is 87.7 cm³/mol. The average Bonchev–Trinajstić information content (AvgIpc) is 2.51. The number of hydrogen-bond acceptors (Lipinski definition) is 3. The number of rotatable bonds is 6. The molecule has 0 saturated heterocycles. The van der Waals surface area contributed by atoms with Crippen molar-refractivity contribution in [1.82, 2.24) is 4.31 Å². The minimum Gasteiger partial charge on any atom is -0.492 e. The Balaban J connectivity index is 2.38. The van der Waals surface area contributed by atoms with Crippen LogP contribution in [-0.2, 0) is 16.6 Å². The van der Waals surface area contributed by atoms with Crippen LogP contribution in [0, 0.1) is 5.82 Å². The fraction of sp³-hybridized carbons (Fsp3) is 0.250. The molecule has 0 aliphatic carbocycles. The van der Waals surface area contributed by atoms with E-state index in [0.717, 1.165) is 4.31 Å². The number of hydrogen-bond donors (Lipinski definition) is 0. The molecule has 2 aromatic rings. The molecule has 2 aromatic carbocycles. The molecule has 0 aliphatic rings. The summed E-state index contributed by atoms with van der Waals surface area (Å²) in [6.45, 7) is 1.99. The second-order valence-electron chi connectivity index (χ2n) is 4.88. The Morgan fingerprint density at radius 2 is 1.91 bits per heavy atom. The normalized spacial score (nSPS) is 11.7. The maximum Gasteiger partial charge on any atom is 0.246 e. The van der Waals surface area contributed by atoms with Crippen LogP contribution in [0.25, 0.3) is 0 Å².